The molecule has 2 rings (SSSR count). The van der Waals surface area contributed by atoms with Crippen molar-refractivity contribution in [2.75, 3.05) is 26.3 Å². The van der Waals surface area contributed by atoms with Gasteiger partial charge in [-0.2, -0.15) is 13.2 Å². The molecule has 0 radical (unpaired) electrons. The lowest BCUT2D eigenvalue weighted by Crippen LogP contribution is -2.38. The lowest BCUT2D eigenvalue weighted by molar-refractivity contribution is -0.153. The lowest BCUT2D eigenvalue weighted by Gasteiger charge is -2.30. The van der Waals surface area contributed by atoms with Crippen LogP contribution in [0.25, 0.3) is 0 Å². The summed E-state index contributed by atoms with van der Waals surface area (Å²) >= 11 is 0. The summed E-state index contributed by atoms with van der Waals surface area (Å²) in [6.45, 7) is 2.44. The molecule has 1 N–H and O–H groups in total. The number of benzene rings is 1. The van der Waals surface area contributed by atoms with Gasteiger partial charge in [0.05, 0.1) is 12.5 Å². The Bertz CT molecular complexity index is 592. The maximum Gasteiger partial charge on any atom is 0.422 e. The molecule has 1 aromatic carbocycles. The van der Waals surface area contributed by atoms with Gasteiger partial charge in [-0.1, -0.05) is 6.07 Å². The van der Waals surface area contributed by atoms with Crippen LogP contribution in [0.15, 0.2) is 18.2 Å². The first-order chi connectivity index (χ1) is 11.8. The van der Waals surface area contributed by atoms with Gasteiger partial charge in [0, 0.05) is 13.1 Å². The van der Waals surface area contributed by atoms with Crippen molar-refractivity contribution < 1.29 is 32.5 Å². The highest BCUT2D eigenvalue weighted by atomic mass is 19.4. The molecule has 25 heavy (non-hydrogen) atoms. The Morgan fingerprint density at radius 3 is 2.72 bits per heavy atom. The van der Waals surface area contributed by atoms with Gasteiger partial charge in [-0.05, 0) is 44.0 Å². The number of ether oxygens (including phenoxy) is 2. The summed E-state index contributed by atoms with van der Waals surface area (Å²) in [5, 5.41) is 9.14. The first kappa shape index (κ1) is 19.4. The third-order valence-corrected chi connectivity index (χ3v) is 3.96. The van der Waals surface area contributed by atoms with Gasteiger partial charge in [0.25, 0.3) is 0 Å². The third kappa shape index (κ3) is 6.12. The largest absolute Gasteiger partial charge is 0.490 e. The summed E-state index contributed by atoms with van der Waals surface area (Å²) in [6, 6.07) is 4.79. The van der Waals surface area contributed by atoms with Crippen LogP contribution in [0.1, 0.15) is 25.3 Å². The van der Waals surface area contributed by atoms with Crippen molar-refractivity contribution in [2.45, 2.75) is 32.5 Å². The third-order valence-electron chi connectivity index (χ3n) is 3.96. The number of alkyl halides is 3. The van der Waals surface area contributed by atoms with E-state index >= 15 is 0 Å². The quantitative estimate of drug-likeness (QED) is 0.807. The summed E-state index contributed by atoms with van der Waals surface area (Å²) < 4.78 is 47.2. The first-order valence-corrected chi connectivity index (χ1v) is 8.19. The smallest absolute Gasteiger partial charge is 0.422 e. The van der Waals surface area contributed by atoms with E-state index < -0.39 is 18.8 Å². The molecule has 1 aliphatic heterocycles. The van der Waals surface area contributed by atoms with E-state index in [0.717, 1.165) is 18.5 Å². The molecular formula is C17H22F3NO4. The topological polar surface area (TPSA) is 59.0 Å². The summed E-state index contributed by atoms with van der Waals surface area (Å²) in [5.41, 5.74) is 0.842. The van der Waals surface area contributed by atoms with Crippen molar-refractivity contribution in [3.8, 4) is 11.5 Å². The number of aliphatic carboxylic acids is 1. The number of carbonyl (C=O) groups is 1. The molecule has 1 aliphatic rings. The number of hydrogen-bond acceptors (Lipinski definition) is 4. The molecule has 1 atom stereocenters. The van der Waals surface area contributed by atoms with E-state index in [1.54, 1.807) is 19.1 Å². The van der Waals surface area contributed by atoms with E-state index in [1.807, 2.05) is 4.90 Å². The fourth-order valence-electron chi connectivity index (χ4n) is 2.86. The molecule has 0 spiro atoms. The average Bonchev–Trinajstić information content (AvgIpc) is 2.54. The molecule has 0 amide bonds. The van der Waals surface area contributed by atoms with Gasteiger partial charge in [0.1, 0.15) is 0 Å². The fraction of sp³-hybridized carbons (Fsp3) is 0.588. The van der Waals surface area contributed by atoms with Crippen LogP contribution in [-0.2, 0) is 11.3 Å². The zero-order chi connectivity index (χ0) is 18.4. The highest BCUT2D eigenvalue weighted by Crippen LogP contribution is 2.31. The van der Waals surface area contributed by atoms with Crippen molar-refractivity contribution in [3.63, 3.8) is 0 Å². The van der Waals surface area contributed by atoms with Crippen LogP contribution in [-0.4, -0.2) is 48.5 Å². The molecule has 1 unspecified atom stereocenters. The molecule has 140 valence electrons. The minimum atomic E-state index is -4.41. The average molecular weight is 361 g/mol. The molecule has 5 nitrogen and oxygen atoms in total. The van der Waals surface area contributed by atoms with Crippen LogP contribution < -0.4 is 9.47 Å². The maximum absolute atomic E-state index is 12.3. The molecule has 0 aliphatic carbocycles. The minimum Gasteiger partial charge on any atom is -0.490 e. The Kier molecular flexibility index (Phi) is 6.52. The molecule has 0 bridgehead atoms. The zero-order valence-electron chi connectivity index (χ0n) is 14.0. The number of nitrogens with zero attached hydrogens (tertiary/aromatic N) is 1. The monoisotopic (exact) mass is 361 g/mol. The summed E-state index contributed by atoms with van der Waals surface area (Å²) in [5.74, 6) is -0.869. The van der Waals surface area contributed by atoms with Crippen molar-refractivity contribution in [1.82, 2.24) is 4.90 Å². The van der Waals surface area contributed by atoms with Crippen LogP contribution in [0.4, 0.5) is 13.2 Å². The maximum atomic E-state index is 12.3. The number of carboxylic acids is 1. The number of hydrogen-bond donors (Lipinski definition) is 1. The van der Waals surface area contributed by atoms with Gasteiger partial charge in [-0.3, -0.25) is 9.69 Å². The highest BCUT2D eigenvalue weighted by molar-refractivity contribution is 5.70. The Labute approximate surface area is 144 Å². The summed E-state index contributed by atoms with van der Waals surface area (Å²) in [6.07, 6.45) is -2.94. The van der Waals surface area contributed by atoms with Crippen LogP contribution in [0, 0.1) is 5.92 Å². The van der Waals surface area contributed by atoms with E-state index in [4.69, 9.17) is 14.6 Å². The Balaban J connectivity index is 2.06. The number of likely N-dealkylation sites (tertiary alicyclic amines) is 1. The molecule has 1 aromatic rings. The lowest BCUT2D eigenvalue weighted by atomic mass is 9.98. The highest BCUT2D eigenvalue weighted by Gasteiger charge is 2.29. The second kappa shape index (κ2) is 8.42. The van der Waals surface area contributed by atoms with Crippen LogP contribution >= 0.6 is 0 Å². The normalized spacial score (nSPS) is 18.8. The van der Waals surface area contributed by atoms with Gasteiger partial charge in [0.2, 0.25) is 0 Å². The predicted molar refractivity (Wildman–Crippen MR) is 84.8 cm³/mol. The van der Waals surface area contributed by atoms with Gasteiger partial charge < -0.3 is 14.6 Å². The molecule has 8 heteroatoms. The van der Waals surface area contributed by atoms with E-state index in [-0.39, 0.29) is 17.4 Å². The van der Waals surface area contributed by atoms with E-state index in [0.29, 0.717) is 26.1 Å². The number of rotatable bonds is 7. The number of carboxylic acid groups (broad SMARTS) is 1. The molecule has 1 fully saturated rings. The van der Waals surface area contributed by atoms with Gasteiger partial charge >= 0.3 is 12.1 Å². The van der Waals surface area contributed by atoms with Crippen molar-refractivity contribution in [1.29, 1.82) is 0 Å². The van der Waals surface area contributed by atoms with Gasteiger partial charge in [-0.15, -0.1) is 0 Å². The second-order valence-corrected chi connectivity index (χ2v) is 6.03. The van der Waals surface area contributed by atoms with Crippen LogP contribution in [0.3, 0.4) is 0 Å². The van der Waals surface area contributed by atoms with Crippen molar-refractivity contribution in [2.24, 2.45) is 5.92 Å². The van der Waals surface area contributed by atoms with Gasteiger partial charge in [0.15, 0.2) is 18.1 Å². The van der Waals surface area contributed by atoms with Crippen LogP contribution in [0.5, 0.6) is 11.5 Å². The number of halogens is 3. The summed E-state index contributed by atoms with van der Waals surface area (Å²) in [4.78, 5) is 13.2. The zero-order valence-corrected chi connectivity index (χ0v) is 14.0. The van der Waals surface area contributed by atoms with E-state index in [9.17, 15) is 18.0 Å². The number of piperidine rings is 1. The predicted octanol–water partition coefficient (Wildman–Crippen LogP) is 3.32. The SMILES string of the molecule is CCOc1cc(CN2CCCC(C(=O)O)C2)ccc1OCC(F)(F)F. The molecular weight excluding hydrogens is 339 g/mol. The molecule has 0 saturated carbocycles. The standard InChI is InChI=1S/C17H22F3NO4/c1-2-24-15-8-12(5-6-14(15)25-11-17(18,19)20)9-21-7-3-4-13(10-21)16(22)23/h5-6,8,13H,2-4,7,9-11H2,1H3,(H,22,23). The Hall–Kier alpha value is -1.96. The first-order valence-electron chi connectivity index (χ1n) is 8.19. The van der Waals surface area contributed by atoms with Crippen molar-refractivity contribution in [3.05, 3.63) is 23.8 Å². The fourth-order valence-corrected chi connectivity index (χ4v) is 2.86. The molecule has 0 aromatic heterocycles. The molecule has 1 saturated heterocycles. The van der Waals surface area contributed by atoms with E-state index in [1.165, 1.54) is 6.07 Å². The van der Waals surface area contributed by atoms with E-state index in [2.05, 4.69) is 0 Å². The summed E-state index contributed by atoms with van der Waals surface area (Å²) in [7, 11) is 0. The Morgan fingerprint density at radius 2 is 2.08 bits per heavy atom. The van der Waals surface area contributed by atoms with Gasteiger partial charge in [-0.25, -0.2) is 0 Å². The Morgan fingerprint density at radius 1 is 1.32 bits per heavy atom. The van der Waals surface area contributed by atoms with Crippen LogP contribution in [0.2, 0.25) is 0 Å². The second-order valence-electron chi connectivity index (χ2n) is 6.03. The molecule has 1 heterocycles. The van der Waals surface area contributed by atoms with Crippen molar-refractivity contribution >= 4 is 5.97 Å². The minimum absolute atomic E-state index is 0.0463.